The Labute approximate surface area is 105 Å². The van der Waals surface area contributed by atoms with Crippen LogP contribution in [-0.2, 0) is 0 Å². The summed E-state index contributed by atoms with van der Waals surface area (Å²) in [4.78, 5) is 10.1. The van der Waals surface area contributed by atoms with Gasteiger partial charge in [0.25, 0.3) is 5.69 Å². The van der Waals surface area contributed by atoms with Gasteiger partial charge in [0.1, 0.15) is 0 Å². The summed E-state index contributed by atoms with van der Waals surface area (Å²) in [5.41, 5.74) is 3.91. The molecule has 0 radical (unpaired) electrons. The number of nitrogens with one attached hydrogen (secondary N) is 1. The van der Waals surface area contributed by atoms with Crippen LogP contribution in [0.1, 0.15) is 24.8 Å². The van der Waals surface area contributed by atoms with Gasteiger partial charge in [0, 0.05) is 25.2 Å². The van der Waals surface area contributed by atoms with Crippen LogP contribution < -0.4 is 5.53 Å². The van der Waals surface area contributed by atoms with Crippen molar-refractivity contribution < 1.29 is 4.92 Å². The summed E-state index contributed by atoms with van der Waals surface area (Å²) < 4.78 is 0. The van der Waals surface area contributed by atoms with Crippen LogP contribution in [0.25, 0.3) is 0 Å². The molecule has 18 heavy (non-hydrogen) atoms. The molecule has 0 saturated carbocycles. The van der Waals surface area contributed by atoms with Gasteiger partial charge in [0.05, 0.1) is 11.1 Å². The molecule has 6 heteroatoms. The van der Waals surface area contributed by atoms with E-state index in [0.29, 0.717) is 0 Å². The fraction of sp³-hybridized carbons (Fsp3) is 0.417. The number of rotatable bonds is 4. The number of hydrogen-bond donors (Lipinski definition) is 1. The molecule has 0 atom stereocenters. The zero-order chi connectivity index (χ0) is 12.8. The second-order valence-corrected chi connectivity index (χ2v) is 4.25. The van der Waals surface area contributed by atoms with Crippen LogP contribution >= 0.6 is 0 Å². The van der Waals surface area contributed by atoms with Crippen LogP contribution in [-0.4, -0.2) is 29.2 Å². The Morgan fingerprint density at radius 1 is 1.22 bits per heavy atom. The molecule has 1 aliphatic heterocycles. The third-order valence-corrected chi connectivity index (χ3v) is 2.87. The summed E-state index contributed by atoms with van der Waals surface area (Å²) in [7, 11) is 0. The highest BCUT2D eigenvalue weighted by Crippen LogP contribution is 2.10. The minimum Gasteiger partial charge on any atom is -0.258 e. The van der Waals surface area contributed by atoms with Crippen LogP contribution in [0.4, 0.5) is 5.69 Å². The Hall–Kier alpha value is -1.95. The van der Waals surface area contributed by atoms with Gasteiger partial charge < -0.3 is 0 Å². The van der Waals surface area contributed by atoms with Gasteiger partial charge in [-0.05, 0) is 30.5 Å². The standard InChI is InChI=1S/C12H16N4O2/c17-16(18)12-6-4-11(5-7-12)10-13-14-15-8-2-1-3-9-15/h4-7,10,14H,1-3,8-9H2. The number of hydrogen-bond acceptors (Lipinski definition) is 5. The Bertz CT molecular complexity index is 424. The Morgan fingerprint density at radius 2 is 1.89 bits per heavy atom. The smallest absolute Gasteiger partial charge is 0.258 e. The third-order valence-electron chi connectivity index (χ3n) is 2.87. The van der Waals surface area contributed by atoms with Gasteiger partial charge in [-0.3, -0.25) is 10.1 Å². The number of nitro benzene ring substituents is 1. The number of nitro groups is 1. The van der Waals surface area contributed by atoms with Crippen LogP contribution in [0.2, 0.25) is 0 Å². The molecule has 1 aromatic carbocycles. The van der Waals surface area contributed by atoms with Crippen molar-refractivity contribution in [2.75, 3.05) is 13.1 Å². The fourth-order valence-electron chi connectivity index (χ4n) is 1.86. The number of benzene rings is 1. The average molecular weight is 248 g/mol. The zero-order valence-electron chi connectivity index (χ0n) is 10.1. The molecule has 1 aromatic rings. The Balaban J connectivity index is 1.86. The number of nitrogens with zero attached hydrogens (tertiary/aromatic N) is 3. The maximum Gasteiger partial charge on any atom is 0.269 e. The molecule has 1 aliphatic rings. The predicted octanol–water partition coefficient (Wildman–Crippen LogP) is 1.92. The summed E-state index contributed by atoms with van der Waals surface area (Å²) in [6.07, 6.45) is 5.34. The molecule has 6 nitrogen and oxygen atoms in total. The highest BCUT2D eigenvalue weighted by molar-refractivity contribution is 5.79. The lowest BCUT2D eigenvalue weighted by Crippen LogP contribution is -2.38. The van der Waals surface area contributed by atoms with Crippen molar-refractivity contribution in [3.63, 3.8) is 0 Å². The summed E-state index contributed by atoms with van der Waals surface area (Å²) in [6, 6.07) is 6.31. The molecule has 1 saturated heterocycles. The topological polar surface area (TPSA) is 70.8 Å². The van der Waals surface area contributed by atoms with E-state index in [-0.39, 0.29) is 5.69 Å². The van der Waals surface area contributed by atoms with E-state index in [1.165, 1.54) is 31.4 Å². The maximum absolute atomic E-state index is 10.5. The van der Waals surface area contributed by atoms with Crippen molar-refractivity contribution in [3.05, 3.63) is 39.9 Å². The molecule has 0 aliphatic carbocycles. The Morgan fingerprint density at radius 3 is 2.50 bits per heavy atom. The predicted molar refractivity (Wildman–Crippen MR) is 69.3 cm³/mol. The van der Waals surface area contributed by atoms with Gasteiger partial charge in [0.15, 0.2) is 0 Å². The molecule has 96 valence electrons. The SMILES string of the molecule is O=[N+]([O-])c1ccc(C=NNN2CCCCC2)cc1. The summed E-state index contributed by atoms with van der Waals surface area (Å²) in [6.45, 7) is 2.02. The molecule has 1 heterocycles. The summed E-state index contributed by atoms with van der Waals surface area (Å²) >= 11 is 0. The maximum atomic E-state index is 10.5. The second-order valence-electron chi connectivity index (χ2n) is 4.25. The van der Waals surface area contributed by atoms with E-state index < -0.39 is 4.92 Å². The van der Waals surface area contributed by atoms with E-state index in [1.807, 2.05) is 0 Å². The van der Waals surface area contributed by atoms with Gasteiger partial charge in [-0.25, -0.2) is 10.5 Å². The molecule has 0 aromatic heterocycles. The van der Waals surface area contributed by atoms with Crippen LogP contribution in [0.3, 0.4) is 0 Å². The van der Waals surface area contributed by atoms with Crippen LogP contribution in [0, 0.1) is 10.1 Å². The quantitative estimate of drug-likeness (QED) is 0.502. The number of hydrazine groups is 1. The average Bonchev–Trinajstić information content (AvgIpc) is 2.40. The first-order chi connectivity index (χ1) is 8.75. The van der Waals surface area contributed by atoms with Crippen molar-refractivity contribution in [1.29, 1.82) is 0 Å². The number of piperidine rings is 1. The lowest BCUT2D eigenvalue weighted by Gasteiger charge is -2.24. The molecular formula is C12H16N4O2. The van der Waals surface area contributed by atoms with Gasteiger partial charge in [-0.15, -0.1) is 0 Å². The molecule has 0 unspecified atom stereocenters. The van der Waals surface area contributed by atoms with E-state index in [0.717, 1.165) is 18.7 Å². The lowest BCUT2D eigenvalue weighted by atomic mass is 10.2. The molecule has 1 N–H and O–H groups in total. The molecule has 0 bridgehead atoms. The van der Waals surface area contributed by atoms with Crippen molar-refractivity contribution in [1.82, 2.24) is 10.5 Å². The van der Waals surface area contributed by atoms with E-state index >= 15 is 0 Å². The van der Waals surface area contributed by atoms with Crippen molar-refractivity contribution in [3.8, 4) is 0 Å². The van der Waals surface area contributed by atoms with E-state index in [4.69, 9.17) is 0 Å². The first-order valence-corrected chi connectivity index (χ1v) is 6.04. The normalized spacial score (nSPS) is 16.9. The van der Waals surface area contributed by atoms with Crippen LogP contribution in [0.15, 0.2) is 29.4 Å². The zero-order valence-corrected chi connectivity index (χ0v) is 10.1. The van der Waals surface area contributed by atoms with Gasteiger partial charge in [-0.1, -0.05) is 6.42 Å². The van der Waals surface area contributed by atoms with Gasteiger partial charge >= 0.3 is 0 Å². The Kier molecular flexibility index (Phi) is 4.25. The first-order valence-electron chi connectivity index (χ1n) is 6.04. The minimum atomic E-state index is -0.410. The molecule has 2 rings (SSSR count). The molecule has 0 amide bonds. The highest BCUT2D eigenvalue weighted by Gasteiger charge is 2.07. The van der Waals surface area contributed by atoms with E-state index in [9.17, 15) is 10.1 Å². The number of non-ortho nitro benzene ring substituents is 1. The van der Waals surface area contributed by atoms with Gasteiger partial charge in [-0.2, -0.15) is 5.10 Å². The first kappa shape index (κ1) is 12.5. The van der Waals surface area contributed by atoms with E-state index in [2.05, 4.69) is 15.6 Å². The monoisotopic (exact) mass is 248 g/mol. The molecule has 1 fully saturated rings. The van der Waals surface area contributed by atoms with Crippen molar-refractivity contribution >= 4 is 11.9 Å². The largest absolute Gasteiger partial charge is 0.269 e. The van der Waals surface area contributed by atoms with Crippen molar-refractivity contribution in [2.24, 2.45) is 5.10 Å². The highest BCUT2D eigenvalue weighted by atomic mass is 16.6. The molecular weight excluding hydrogens is 232 g/mol. The van der Waals surface area contributed by atoms with Gasteiger partial charge in [0.2, 0.25) is 0 Å². The minimum absolute atomic E-state index is 0.0936. The summed E-state index contributed by atoms with van der Waals surface area (Å²) in [5, 5.41) is 16.7. The lowest BCUT2D eigenvalue weighted by molar-refractivity contribution is -0.384. The van der Waals surface area contributed by atoms with Crippen molar-refractivity contribution in [2.45, 2.75) is 19.3 Å². The third kappa shape index (κ3) is 3.53. The van der Waals surface area contributed by atoms with Crippen LogP contribution in [0.5, 0.6) is 0 Å². The molecule has 0 spiro atoms. The second kappa shape index (κ2) is 6.11. The fourth-order valence-corrected chi connectivity index (χ4v) is 1.86. The number of hydrazone groups is 1. The summed E-state index contributed by atoms with van der Waals surface area (Å²) in [5.74, 6) is 0. The van der Waals surface area contributed by atoms with E-state index in [1.54, 1.807) is 18.3 Å².